The van der Waals surface area contributed by atoms with E-state index < -0.39 is 6.04 Å². The Morgan fingerprint density at radius 3 is 3.12 bits per heavy atom. The van der Waals surface area contributed by atoms with Crippen molar-refractivity contribution in [3.8, 4) is 0 Å². The Labute approximate surface area is 94.8 Å². The molecule has 91 valence electrons. The second-order valence-electron chi connectivity index (χ2n) is 3.56. The number of nitrogens with one attached hydrogen (secondary N) is 1. The lowest BCUT2D eigenvalue weighted by atomic mass is 10.2. The van der Waals surface area contributed by atoms with E-state index in [1.165, 1.54) is 11.5 Å². The molecule has 1 saturated heterocycles. The summed E-state index contributed by atoms with van der Waals surface area (Å²) in [6.07, 6.45) is 1.81. The van der Waals surface area contributed by atoms with Crippen LogP contribution in [0.2, 0.25) is 0 Å². The van der Waals surface area contributed by atoms with Crippen LogP contribution in [0.4, 0.5) is 0 Å². The van der Waals surface area contributed by atoms with Gasteiger partial charge in [0.15, 0.2) is 6.04 Å². The lowest BCUT2D eigenvalue weighted by molar-refractivity contribution is -0.173. The minimum Gasteiger partial charge on any atom is -0.464 e. The van der Waals surface area contributed by atoms with Crippen molar-refractivity contribution in [2.24, 2.45) is 0 Å². The van der Waals surface area contributed by atoms with Gasteiger partial charge in [0.2, 0.25) is 0 Å². The first kappa shape index (κ1) is 12.9. The van der Waals surface area contributed by atoms with E-state index >= 15 is 0 Å². The summed E-state index contributed by atoms with van der Waals surface area (Å²) in [7, 11) is 0. The van der Waals surface area contributed by atoms with Crippen LogP contribution >= 0.6 is 0 Å². The van der Waals surface area contributed by atoms with Gasteiger partial charge in [-0.05, 0) is 6.42 Å². The standard InChI is InChI=1S/C10H17N2O4/c1-2-3-6-15-10(14)9-7-11-4-5-12(9)16-8-13/h9,11H,2-7H2,1H3. The molecule has 6 nitrogen and oxygen atoms in total. The van der Waals surface area contributed by atoms with Gasteiger partial charge in [0.25, 0.3) is 0 Å². The summed E-state index contributed by atoms with van der Waals surface area (Å²) < 4.78 is 5.07. The van der Waals surface area contributed by atoms with Gasteiger partial charge in [-0.1, -0.05) is 13.3 Å². The largest absolute Gasteiger partial charge is 0.464 e. The molecular weight excluding hydrogens is 212 g/mol. The minimum absolute atomic E-state index is 0.365. The van der Waals surface area contributed by atoms with Gasteiger partial charge in [0, 0.05) is 19.6 Å². The fourth-order valence-corrected chi connectivity index (χ4v) is 1.46. The number of hydrogen-bond donors (Lipinski definition) is 1. The third kappa shape index (κ3) is 3.79. The second kappa shape index (κ2) is 7.19. The average Bonchev–Trinajstić information content (AvgIpc) is 2.30. The van der Waals surface area contributed by atoms with Gasteiger partial charge in [-0.3, -0.25) is 4.79 Å². The molecule has 0 aliphatic carbocycles. The Bertz CT molecular complexity index is 235. The average molecular weight is 229 g/mol. The predicted molar refractivity (Wildman–Crippen MR) is 56.0 cm³/mol. The van der Waals surface area contributed by atoms with Crippen molar-refractivity contribution in [1.29, 1.82) is 0 Å². The summed E-state index contributed by atoms with van der Waals surface area (Å²) in [5.74, 6) is -0.365. The third-order valence-corrected chi connectivity index (χ3v) is 2.36. The van der Waals surface area contributed by atoms with Crippen molar-refractivity contribution >= 4 is 12.4 Å². The Morgan fingerprint density at radius 1 is 1.62 bits per heavy atom. The fourth-order valence-electron chi connectivity index (χ4n) is 1.46. The molecule has 1 unspecified atom stereocenters. The number of carbonyl (C=O) groups is 1. The van der Waals surface area contributed by atoms with Crippen molar-refractivity contribution in [3.05, 3.63) is 0 Å². The fraction of sp³-hybridized carbons (Fsp3) is 0.800. The summed E-state index contributed by atoms with van der Waals surface area (Å²) in [6, 6.07) is -0.563. The van der Waals surface area contributed by atoms with Crippen molar-refractivity contribution in [2.75, 3.05) is 26.2 Å². The third-order valence-electron chi connectivity index (χ3n) is 2.36. The molecule has 1 radical (unpaired) electrons. The zero-order valence-corrected chi connectivity index (χ0v) is 9.40. The quantitative estimate of drug-likeness (QED) is 0.494. The second-order valence-corrected chi connectivity index (χ2v) is 3.56. The molecule has 0 bridgehead atoms. The Hall–Kier alpha value is -1.14. The molecule has 0 spiro atoms. The minimum atomic E-state index is -0.563. The summed E-state index contributed by atoms with van der Waals surface area (Å²) in [4.78, 5) is 26.4. The topological polar surface area (TPSA) is 67.9 Å². The Kier molecular flexibility index (Phi) is 5.81. The number of nitrogens with zero attached hydrogens (tertiary/aromatic N) is 1. The molecule has 6 heteroatoms. The molecule has 0 aromatic rings. The number of hydroxylamine groups is 2. The first-order chi connectivity index (χ1) is 7.79. The van der Waals surface area contributed by atoms with Crippen LogP contribution in [0.25, 0.3) is 0 Å². The SMILES string of the molecule is CCCCOC(=O)C1CNCCN1O[C]=O. The van der Waals surface area contributed by atoms with E-state index in [1.807, 2.05) is 6.92 Å². The maximum Gasteiger partial charge on any atom is 0.438 e. The molecule has 0 aromatic heterocycles. The zero-order chi connectivity index (χ0) is 11.8. The number of hydrogen-bond acceptors (Lipinski definition) is 6. The lowest BCUT2D eigenvalue weighted by Crippen LogP contribution is -2.55. The van der Waals surface area contributed by atoms with Crippen LogP contribution in [0.5, 0.6) is 0 Å². The molecule has 0 aromatic carbocycles. The van der Waals surface area contributed by atoms with E-state index in [4.69, 9.17) is 4.74 Å². The monoisotopic (exact) mass is 229 g/mol. The summed E-state index contributed by atoms with van der Waals surface area (Å²) in [5, 5.41) is 4.35. The molecule has 1 aliphatic rings. The van der Waals surface area contributed by atoms with Crippen LogP contribution in [-0.4, -0.2) is 49.8 Å². The summed E-state index contributed by atoms with van der Waals surface area (Å²) >= 11 is 0. The number of esters is 1. The zero-order valence-electron chi connectivity index (χ0n) is 9.40. The van der Waals surface area contributed by atoms with Crippen LogP contribution in [0, 0.1) is 0 Å². The van der Waals surface area contributed by atoms with Crippen LogP contribution in [0.3, 0.4) is 0 Å². The van der Waals surface area contributed by atoms with Crippen LogP contribution in [0.1, 0.15) is 19.8 Å². The smallest absolute Gasteiger partial charge is 0.438 e. The summed E-state index contributed by atoms with van der Waals surface area (Å²) in [5.41, 5.74) is 0. The Morgan fingerprint density at radius 2 is 2.44 bits per heavy atom. The number of carbonyl (C=O) groups excluding carboxylic acids is 2. The highest BCUT2D eigenvalue weighted by atomic mass is 16.7. The van der Waals surface area contributed by atoms with Gasteiger partial charge in [0.05, 0.1) is 6.61 Å². The van der Waals surface area contributed by atoms with Gasteiger partial charge in [-0.2, -0.15) is 0 Å². The Balaban J connectivity index is 2.40. The molecule has 1 heterocycles. The van der Waals surface area contributed by atoms with Crippen LogP contribution in [-0.2, 0) is 19.2 Å². The first-order valence-corrected chi connectivity index (χ1v) is 5.47. The van der Waals surface area contributed by atoms with Crippen molar-refractivity contribution in [2.45, 2.75) is 25.8 Å². The van der Waals surface area contributed by atoms with Crippen molar-refractivity contribution < 1.29 is 19.2 Å². The molecule has 1 atom stereocenters. The van der Waals surface area contributed by atoms with E-state index in [9.17, 15) is 9.59 Å². The first-order valence-electron chi connectivity index (χ1n) is 5.47. The molecule has 16 heavy (non-hydrogen) atoms. The van der Waals surface area contributed by atoms with E-state index in [0.717, 1.165) is 12.8 Å². The van der Waals surface area contributed by atoms with E-state index in [2.05, 4.69) is 10.2 Å². The molecule has 0 saturated carbocycles. The maximum absolute atomic E-state index is 11.6. The highest BCUT2D eigenvalue weighted by Gasteiger charge is 2.31. The molecule has 1 aliphatic heterocycles. The van der Waals surface area contributed by atoms with E-state index in [-0.39, 0.29) is 5.97 Å². The van der Waals surface area contributed by atoms with Gasteiger partial charge in [-0.15, -0.1) is 5.06 Å². The van der Waals surface area contributed by atoms with Gasteiger partial charge >= 0.3 is 12.4 Å². The summed E-state index contributed by atoms with van der Waals surface area (Å²) in [6.45, 7) is 5.31. The predicted octanol–water partition coefficient (Wildman–Crippen LogP) is -0.398. The lowest BCUT2D eigenvalue weighted by Gasteiger charge is -2.30. The number of piperazine rings is 1. The van der Waals surface area contributed by atoms with Gasteiger partial charge in [-0.25, -0.2) is 4.79 Å². The number of unbranched alkanes of at least 4 members (excludes halogenated alkanes) is 1. The van der Waals surface area contributed by atoms with Crippen LogP contribution in [0.15, 0.2) is 0 Å². The van der Waals surface area contributed by atoms with Crippen molar-refractivity contribution in [3.63, 3.8) is 0 Å². The molecular formula is C10H17N2O4. The van der Waals surface area contributed by atoms with Crippen molar-refractivity contribution in [1.82, 2.24) is 10.4 Å². The van der Waals surface area contributed by atoms with Gasteiger partial charge < -0.3 is 14.9 Å². The molecule has 1 N–H and O–H groups in total. The molecule has 0 amide bonds. The maximum atomic E-state index is 11.6. The number of ether oxygens (including phenoxy) is 1. The number of rotatable bonds is 6. The van der Waals surface area contributed by atoms with Crippen LogP contribution < -0.4 is 5.32 Å². The highest BCUT2D eigenvalue weighted by Crippen LogP contribution is 2.05. The molecule has 1 rings (SSSR count). The van der Waals surface area contributed by atoms with E-state index in [1.54, 1.807) is 0 Å². The highest BCUT2D eigenvalue weighted by molar-refractivity contribution is 5.76. The molecule has 1 fully saturated rings. The normalized spacial score (nSPS) is 21.4. The van der Waals surface area contributed by atoms with E-state index in [0.29, 0.717) is 26.2 Å². The van der Waals surface area contributed by atoms with Gasteiger partial charge in [0.1, 0.15) is 0 Å².